The van der Waals surface area contributed by atoms with E-state index in [1.807, 2.05) is 18.4 Å². The van der Waals surface area contributed by atoms with Crippen molar-refractivity contribution in [1.82, 2.24) is 29.3 Å². The number of fused-ring (bicyclic) bond motifs is 1. The lowest BCUT2D eigenvalue weighted by atomic mass is 10.1. The zero-order valence-electron chi connectivity index (χ0n) is 23.1. The number of hydrogen-bond acceptors (Lipinski definition) is 11. The Labute approximate surface area is 239 Å². The molecule has 0 N–H and O–H groups in total. The first kappa shape index (κ1) is 30.4. The zero-order valence-corrected chi connectivity index (χ0v) is 24.8. The smallest absolute Gasteiger partial charge is 0.267 e. The second-order valence-electron chi connectivity index (χ2n) is 9.42. The predicted octanol–water partition coefficient (Wildman–Crippen LogP) is 1.56. The van der Waals surface area contributed by atoms with Crippen LogP contribution in [0.5, 0.6) is 0 Å². The summed E-state index contributed by atoms with van der Waals surface area (Å²) in [6.07, 6.45) is 2.94. The molecule has 0 aliphatic carbocycles. The quantitative estimate of drug-likeness (QED) is 0.215. The number of aromatic nitrogens is 6. The summed E-state index contributed by atoms with van der Waals surface area (Å²) in [5, 5.41) is 8.24. The molecule has 16 heteroatoms. The van der Waals surface area contributed by atoms with Gasteiger partial charge in [-0.3, -0.25) is 17.9 Å². The van der Waals surface area contributed by atoms with Crippen LogP contribution in [-0.4, -0.2) is 85.0 Å². The van der Waals surface area contributed by atoms with Gasteiger partial charge in [0.2, 0.25) is 0 Å². The van der Waals surface area contributed by atoms with Gasteiger partial charge in [0, 0.05) is 31.5 Å². The third kappa shape index (κ3) is 6.36. The second-order valence-corrected chi connectivity index (χ2v) is 12.6. The van der Waals surface area contributed by atoms with Crippen LogP contribution in [0, 0.1) is 6.92 Å². The van der Waals surface area contributed by atoms with Gasteiger partial charge in [-0.25, -0.2) is 18.4 Å². The van der Waals surface area contributed by atoms with Gasteiger partial charge in [-0.2, -0.15) is 0 Å². The number of pyridine rings is 1. The molecule has 0 saturated heterocycles. The van der Waals surface area contributed by atoms with Gasteiger partial charge in [-0.1, -0.05) is 6.07 Å². The molecule has 0 amide bonds. The fourth-order valence-electron chi connectivity index (χ4n) is 4.22. The zero-order chi connectivity index (χ0) is 29.9. The average Bonchev–Trinajstić information content (AvgIpc) is 3.43. The summed E-state index contributed by atoms with van der Waals surface area (Å²) in [7, 11) is -1.33. The summed E-state index contributed by atoms with van der Waals surface area (Å²) < 4.78 is 64.0. The van der Waals surface area contributed by atoms with Crippen molar-refractivity contribution in [3.8, 4) is 17.3 Å². The fourth-order valence-corrected chi connectivity index (χ4v) is 6.26. The number of benzene rings is 1. The summed E-state index contributed by atoms with van der Waals surface area (Å²) in [5.41, 5.74) is -0.564. The van der Waals surface area contributed by atoms with Crippen LogP contribution in [0.15, 0.2) is 47.8 Å². The minimum Gasteiger partial charge on any atom is -0.755 e. The highest BCUT2D eigenvalue weighted by Crippen LogP contribution is 2.27. The van der Waals surface area contributed by atoms with Crippen LogP contribution in [0.25, 0.3) is 28.2 Å². The molecule has 3 heterocycles. The Balaban J connectivity index is 1.78. The molecule has 2 atom stereocenters. The van der Waals surface area contributed by atoms with Crippen LogP contribution in [-0.2, 0) is 30.6 Å². The Kier molecular flexibility index (Phi) is 9.28. The highest BCUT2D eigenvalue weighted by molar-refractivity contribution is 7.92. The van der Waals surface area contributed by atoms with E-state index >= 15 is 0 Å². The Bertz CT molecular complexity index is 1740. The van der Waals surface area contributed by atoms with Crippen LogP contribution < -0.4 is 9.86 Å². The molecule has 0 aliphatic rings. The normalized spacial score (nSPS) is 13.5. The number of methoxy groups -OCH3 is 2. The van der Waals surface area contributed by atoms with Gasteiger partial charge in [0.05, 0.1) is 35.5 Å². The lowest BCUT2D eigenvalue weighted by Crippen LogP contribution is -2.41. The largest absolute Gasteiger partial charge is 0.755 e. The van der Waals surface area contributed by atoms with E-state index < -0.39 is 38.6 Å². The number of ether oxygens (including phenoxy) is 2. The van der Waals surface area contributed by atoms with Crippen molar-refractivity contribution >= 4 is 37.7 Å². The van der Waals surface area contributed by atoms with Crippen LogP contribution in [0.4, 0.5) is 5.69 Å². The fraction of sp³-hybridized carbons (Fsp3) is 0.400. The van der Waals surface area contributed by atoms with Gasteiger partial charge in [-0.15, -0.1) is 10.2 Å². The summed E-state index contributed by atoms with van der Waals surface area (Å²) in [5.74, 6) is 0.449. The third-order valence-corrected chi connectivity index (χ3v) is 9.00. The molecule has 0 fully saturated rings. The lowest BCUT2D eigenvalue weighted by Gasteiger charge is -2.31. The summed E-state index contributed by atoms with van der Waals surface area (Å²) >= 11 is -2.89. The number of aryl methyl sites for hydroxylation is 1. The van der Waals surface area contributed by atoms with Crippen LogP contribution in [0.3, 0.4) is 0 Å². The Hall–Kier alpha value is -3.57. The topological polar surface area (TPSA) is 174 Å². The summed E-state index contributed by atoms with van der Waals surface area (Å²) in [6.45, 7) is 5.00. The predicted molar refractivity (Wildman–Crippen MR) is 152 cm³/mol. The van der Waals surface area contributed by atoms with Crippen molar-refractivity contribution in [2.24, 2.45) is 0 Å². The van der Waals surface area contributed by atoms with E-state index in [9.17, 15) is 22.0 Å². The Morgan fingerprint density at radius 1 is 1.17 bits per heavy atom. The number of sulfone groups is 1. The molecule has 0 saturated carbocycles. The van der Waals surface area contributed by atoms with E-state index in [2.05, 4.69) is 20.2 Å². The SMILES string of the molecule is COCCS(=O)(=O)C(CN(c1cc2c(=O)n(-c3cccc(-c4nncn4C(C)C)n3)cnc2cc1C)S(=O)[O-])OC. The van der Waals surface area contributed by atoms with Crippen molar-refractivity contribution in [3.05, 3.63) is 58.9 Å². The van der Waals surface area contributed by atoms with Crippen LogP contribution in [0.1, 0.15) is 25.5 Å². The molecular weight excluding hydrogens is 574 g/mol. The highest BCUT2D eigenvalue weighted by Gasteiger charge is 2.29. The molecule has 14 nitrogen and oxygen atoms in total. The van der Waals surface area contributed by atoms with Gasteiger partial charge in [0.25, 0.3) is 5.56 Å². The van der Waals surface area contributed by atoms with E-state index in [1.54, 1.807) is 37.5 Å². The molecule has 0 radical (unpaired) electrons. The van der Waals surface area contributed by atoms with Crippen molar-refractivity contribution in [1.29, 1.82) is 0 Å². The minimum absolute atomic E-state index is 0.0754. The Morgan fingerprint density at radius 2 is 1.93 bits per heavy atom. The van der Waals surface area contributed by atoms with Gasteiger partial charge in [-0.05, 0) is 50.6 Å². The first-order chi connectivity index (χ1) is 19.5. The third-order valence-electron chi connectivity index (χ3n) is 6.41. The van der Waals surface area contributed by atoms with Gasteiger partial charge in [0.1, 0.15) is 24.2 Å². The van der Waals surface area contributed by atoms with Crippen LogP contribution >= 0.6 is 0 Å². The first-order valence-corrected chi connectivity index (χ1v) is 15.2. The standard InChI is InChI=1S/C25H31N7O7S2/c1-16(2)30-15-27-29-24(30)19-7-6-8-22(28-19)31-14-26-20-11-17(3)21(12-18(20)25(31)33)32(40(34)35)13-23(39-5)41(36,37)10-9-38-4/h6-8,11-12,14-16,23H,9-10,13H2,1-5H3,(H,34,35)/p-1. The van der Waals surface area contributed by atoms with E-state index in [0.29, 0.717) is 22.6 Å². The van der Waals surface area contributed by atoms with E-state index in [1.165, 1.54) is 31.2 Å². The highest BCUT2D eigenvalue weighted by atomic mass is 32.2. The number of rotatable bonds is 12. The van der Waals surface area contributed by atoms with Crippen molar-refractivity contribution in [2.45, 2.75) is 32.2 Å². The second kappa shape index (κ2) is 12.5. The minimum atomic E-state index is -3.87. The van der Waals surface area contributed by atoms with Crippen LogP contribution in [0.2, 0.25) is 0 Å². The molecule has 4 rings (SSSR count). The molecule has 0 bridgehead atoms. The molecule has 0 aliphatic heterocycles. The maximum Gasteiger partial charge on any atom is 0.267 e. The first-order valence-electron chi connectivity index (χ1n) is 12.5. The van der Waals surface area contributed by atoms with Crippen molar-refractivity contribution in [2.75, 3.05) is 37.4 Å². The molecule has 220 valence electrons. The van der Waals surface area contributed by atoms with Crippen molar-refractivity contribution in [3.63, 3.8) is 0 Å². The number of anilines is 1. The molecule has 0 spiro atoms. The average molecular weight is 605 g/mol. The van der Waals surface area contributed by atoms with Crippen molar-refractivity contribution < 1.29 is 26.7 Å². The number of hydrogen-bond donors (Lipinski definition) is 0. The maximum atomic E-state index is 13.7. The number of nitrogens with zero attached hydrogens (tertiary/aromatic N) is 7. The van der Waals surface area contributed by atoms with E-state index in [4.69, 9.17) is 9.47 Å². The summed E-state index contributed by atoms with van der Waals surface area (Å²) in [6, 6.07) is 8.13. The van der Waals surface area contributed by atoms with E-state index in [0.717, 1.165) is 4.31 Å². The maximum absolute atomic E-state index is 13.7. The molecular formula is C25H30N7O7S2-. The van der Waals surface area contributed by atoms with Gasteiger partial charge >= 0.3 is 0 Å². The van der Waals surface area contributed by atoms with E-state index in [-0.39, 0.29) is 35.3 Å². The summed E-state index contributed by atoms with van der Waals surface area (Å²) in [4.78, 5) is 22.7. The molecule has 4 aromatic rings. The van der Waals surface area contributed by atoms with Gasteiger partial charge < -0.3 is 18.6 Å². The van der Waals surface area contributed by atoms with Gasteiger partial charge in [0.15, 0.2) is 21.1 Å². The Morgan fingerprint density at radius 3 is 2.59 bits per heavy atom. The molecule has 1 aromatic carbocycles. The molecule has 2 unspecified atom stereocenters. The monoisotopic (exact) mass is 604 g/mol. The molecule has 3 aromatic heterocycles. The lowest BCUT2D eigenvalue weighted by molar-refractivity contribution is 0.167. The molecule has 41 heavy (non-hydrogen) atoms.